The molecule has 11 nitrogen and oxygen atoms in total. The minimum absolute atomic E-state index is 0.257. The average Bonchev–Trinajstić information content (AvgIpc) is 3.25. The molecule has 11 heteroatoms. The van der Waals surface area contributed by atoms with Crippen LogP contribution >= 0.6 is 0 Å². The third kappa shape index (κ3) is 28.3. The molecule has 1 aliphatic rings. The molecule has 0 unspecified atom stereocenters. The van der Waals surface area contributed by atoms with Gasteiger partial charge in [-0.2, -0.15) is 0 Å². The number of rotatable bonds is 41. The van der Waals surface area contributed by atoms with Crippen molar-refractivity contribution in [1.29, 1.82) is 0 Å². The number of nitrogens with one attached hydrogen (secondary N) is 1. The monoisotopic (exact) mass is 856 g/mol. The molecule has 9 atom stereocenters. The summed E-state index contributed by atoms with van der Waals surface area (Å²) in [6, 6.07) is -1.17. The van der Waals surface area contributed by atoms with Crippen LogP contribution in [0.25, 0.3) is 0 Å². The lowest BCUT2D eigenvalue weighted by molar-refractivity contribution is -0.303. The van der Waals surface area contributed by atoms with Crippen LogP contribution in [0.5, 0.6) is 0 Å². The molecule has 1 rings (SSSR count). The highest BCUT2D eigenvalue weighted by Gasteiger charge is 2.44. The van der Waals surface area contributed by atoms with Gasteiger partial charge >= 0.3 is 0 Å². The molecule has 1 aliphatic heterocycles. The molecule has 1 fully saturated rings. The molecule has 0 aromatic rings. The summed E-state index contributed by atoms with van der Waals surface area (Å²) in [6.45, 7) is 3.42. The number of unbranched alkanes of at least 4 members (excludes halogenated alkanes) is 25. The Bertz CT molecular complexity index is 1030. The Morgan fingerprint density at radius 1 is 0.567 bits per heavy atom. The minimum Gasteiger partial charge on any atom is -0.394 e. The van der Waals surface area contributed by atoms with E-state index in [1.54, 1.807) is 0 Å². The maximum atomic E-state index is 13.1. The summed E-state index contributed by atoms with van der Waals surface area (Å²) >= 11 is 0. The van der Waals surface area contributed by atoms with Crippen molar-refractivity contribution in [2.45, 2.75) is 268 Å². The van der Waals surface area contributed by atoms with E-state index >= 15 is 0 Å². The van der Waals surface area contributed by atoms with Gasteiger partial charge in [0, 0.05) is 0 Å². The molecule has 0 bridgehead atoms. The van der Waals surface area contributed by atoms with Gasteiger partial charge in [0.05, 0.1) is 25.4 Å². The second-order valence-corrected chi connectivity index (χ2v) is 17.5. The van der Waals surface area contributed by atoms with Crippen LogP contribution in [0.3, 0.4) is 0 Å². The normalized spacial score (nSPS) is 21.8. The van der Waals surface area contributed by atoms with Gasteiger partial charge in [0.2, 0.25) is 5.91 Å². The maximum absolute atomic E-state index is 13.1. The van der Waals surface area contributed by atoms with E-state index in [0.29, 0.717) is 19.3 Å². The minimum atomic E-state index is -1.66. The quantitative estimate of drug-likeness (QED) is 0.0218. The number of amides is 1. The Morgan fingerprint density at radius 2 is 0.967 bits per heavy atom. The Hall–Kier alpha value is -1.41. The summed E-state index contributed by atoms with van der Waals surface area (Å²) in [7, 11) is 0. The van der Waals surface area contributed by atoms with Crippen LogP contribution in [-0.2, 0) is 14.3 Å². The lowest BCUT2D eigenvalue weighted by Crippen LogP contribution is -2.60. The SMILES string of the molecule is CCCCCC/C=C\CCCCCCCCCCCCC[C@@H](O)C(=O)N[C@@H](CO[C@@H]1O[C@H](CO)[C@@H](O)[C@H](O)[C@H]1O)[C@H](O)[C@H](O)CCCCCC/C=C\CCCCCCCC. The zero-order valence-corrected chi connectivity index (χ0v) is 38.2. The average molecular weight is 856 g/mol. The van der Waals surface area contributed by atoms with Gasteiger partial charge in [-0.05, 0) is 64.2 Å². The molecule has 0 saturated carbocycles. The Kier molecular flexibility index (Phi) is 37.0. The van der Waals surface area contributed by atoms with Crippen LogP contribution in [0.4, 0.5) is 0 Å². The zero-order chi connectivity index (χ0) is 44.1. The van der Waals surface area contributed by atoms with E-state index < -0.39 is 74.2 Å². The highest BCUT2D eigenvalue weighted by atomic mass is 16.7. The fourth-order valence-electron chi connectivity index (χ4n) is 7.84. The topological polar surface area (TPSA) is 189 Å². The molecule has 0 spiro atoms. The van der Waals surface area contributed by atoms with Crippen molar-refractivity contribution in [3.8, 4) is 0 Å². The van der Waals surface area contributed by atoms with E-state index in [4.69, 9.17) is 9.47 Å². The van der Waals surface area contributed by atoms with Crippen molar-refractivity contribution in [2.75, 3.05) is 13.2 Å². The fraction of sp³-hybridized carbons (Fsp3) is 0.898. The van der Waals surface area contributed by atoms with E-state index in [0.717, 1.165) is 51.4 Å². The molecule has 0 radical (unpaired) electrons. The summed E-state index contributed by atoms with van der Waals surface area (Å²) in [6.07, 6.45) is 32.2. The van der Waals surface area contributed by atoms with Crippen molar-refractivity contribution < 1.29 is 50.0 Å². The van der Waals surface area contributed by atoms with Gasteiger partial charge in [-0.25, -0.2) is 0 Å². The Labute approximate surface area is 365 Å². The molecule has 0 aromatic carbocycles. The maximum Gasteiger partial charge on any atom is 0.249 e. The van der Waals surface area contributed by atoms with Crippen LogP contribution in [0.2, 0.25) is 0 Å². The molecule has 0 aliphatic carbocycles. The van der Waals surface area contributed by atoms with Gasteiger partial charge in [-0.1, -0.05) is 173 Å². The Balaban J connectivity index is 2.41. The summed E-state index contributed by atoms with van der Waals surface area (Å²) in [5.41, 5.74) is 0. The number of ether oxygens (including phenoxy) is 2. The highest BCUT2D eigenvalue weighted by Crippen LogP contribution is 2.23. The van der Waals surface area contributed by atoms with Gasteiger partial charge in [0.25, 0.3) is 0 Å². The van der Waals surface area contributed by atoms with Gasteiger partial charge in [-0.15, -0.1) is 0 Å². The number of carbonyl (C=O) groups excluding carboxylic acids is 1. The highest BCUT2D eigenvalue weighted by molar-refractivity contribution is 5.80. The van der Waals surface area contributed by atoms with Crippen LogP contribution < -0.4 is 5.32 Å². The van der Waals surface area contributed by atoms with Crippen LogP contribution in [0.15, 0.2) is 24.3 Å². The third-order valence-corrected chi connectivity index (χ3v) is 12.0. The number of hydrogen-bond donors (Lipinski definition) is 8. The third-order valence-electron chi connectivity index (χ3n) is 12.0. The van der Waals surface area contributed by atoms with Crippen molar-refractivity contribution >= 4 is 5.91 Å². The zero-order valence-electron chi connectivity index (χ0n) is 38.2. The number of allylic oxidation sites excluding steroid dienone is 4. The number of hydrogen-bond acceptors (Lipinski definition) is 10. The second kappa shape index (κ2) is 39.2. The van der Waals surface area contributed by atoms with E-state index in [2.05, 4.69) is 43.5 Å². The fourth-order valence-corrected chi connectivity index (χ4v) is 7.84. The first-order valence-corrected chi connectivity index (χ1v) is 24.7. The van der Waals surface area contributed by atoms with Crippen molar-refractivity contribution in [2.24, 2.45) is 0 Å². The largest absolute Gasteiger partial charge is 0.394 e. The molecule has 60 heavy (non-hydrogen) atoms. The molecule has 1 heterocycles. The molecule has 1 amide bonds. The molecule has 1 saturated heterocycles. The van der Waals surface area contributed by atoms with E-state index in [-0.39, 0.29) is 6.42 Å². The first-order valence-electron chi connectivity index (χ1n) is 24.7. The van der Waals surface area contributed by atoms with Gasteiger partial charge in [0.1, 0.15) is 36.6 Å². The van der Waals surface area contributed by atoms with Crippen molar-refractivity contribution in [3.05, 3.63) is 24.3 Å². The molecule has 8 N–H and O–H groups in total. The first-order chi connectivity index (χ1) is 29.2. The van der Waals surface area contributed by atoms with Crippen molar-refractivity contribution in [3.63, 3.8) is 0 Å². The standard InChI is InChI=1S/C49H93NO10/c1-3-5-7-9-11-13-15-17-19-20-21-22-23-25-27-29-31-33-35-37-42(53)48(58)50-40(39-59-49-47(57)46(56)45(55)43(38-51)60-49)44(54)41(52)36-34-32-30-28-26-24-18-16-14-12-10-8-6-4-2/h13,15,18,24,40-47,49,51-57H,3-12,14,16-17,19-23,25-39H2,1-2H3,(H,50,58)/b15-13-,24-18-/t40-,41+,42+,43+,44-,45+,46-,47+,49+/m0/s1. The predicted molar refractivity (Wildman–Crippen MR) is 242 cm³/mol. The molecular formula is C49H93NO10. The molecular weight excluding hydrogens is 763 g/mol. The van der Waals surface area contributed by atoms with Gasteiger partial charge < -0.3 is 50.5 Å². The van der Waals surface area contributed by atoms with Crippen LogP contribution in [-0.4, -0.2) is 110 Å². The second-order valence-electron chi connectivity index (χ2n) is 17.5. The predicted octanol–water partition coefficient (Wildman–Crippen LogP) is 8.62. The number of aliphatic hydroxyl groups is 7. The number of aliphatic hydroxyl groups excluding tert-OH is 7. The molecule has 0 aromatic heterocycles. The van der Waals surface area contributed by atoms with E-state index in [1.165, 1.54) is 122 Å². The summed E-state index contributed by atoms with van der Waals surface area (Å²) in [5.74, 6) is -0.702. The van der Waals surface area contributed by atoms with E-state index in [9.17, 15) is 40.5 Å². The van der Waals surface area contributed by atoms with Crippen molar-refractivity contribution in [1.82, 2.24) is 5.32 Å². The number of carbonyl (C=O) groups is 1. The van der Waals surface area contributed by atoms with Gasteiger partial charge in [-0.3, -0.25) is 4.79 Å². The van der Waals surface area contributed by atoms with E-state index in [1.807, 2.05) is 0 Å². The smallest absolute Gasteiger partial charge is 0.249 e. The lowest BCUT2D eigenvalue weighted by atomic mass is 9.98. The first kappa shape index (κ1) is 56.6. The Morgan fingerprint density at radius 3 is 1.42 bits per heavy atom. The van der Waals surface area contributed by atoms with Gasteiger partial charge in [0.15, 0.2) is 6.29 Å². The summed E-state index contributed by atoms with van der Waals surface area (Å²) < 4.78 is 11.1. The summed E-state index contributed by atoms with van der Waals surface area (Å²) in [5, 5.41) is 75.8. The van der Waals surface area contributed by atoms with Crippen LogP contribution in [0.1, 0.15) is 213 Å². The summed E-state index contributed by atoms with van der Waals surface area (Å²) in [4.78, 5) is 13.1. The molecule has 354 valence electrons. The van der Waals surface area contributed by atoms with Crippen LogP contribution in [0, 0.1) is 0 Å². The lowest BCUT2D eigenvalue weighted by Gasteiger charge is -2.40.